The van der Waals surface area contributed by atoms with Gasteiger partial charge in [-0.1, -0.05) is 24.3 Å². The van der Waals surface area contributed by atoms with Gasteiger partial charge in [0.05, 0.1) is 18.5 Å². The first kappa shape index (κ1) is 14.1. The highest BCUT2D eigenvalue weighted by Crippen LogP contribution is 2.13. The minimum atomic E-state index is -0.169. The Morgan fingerprint density at radius 2 is 1.88 bits per heavy atom. The van der Waals surface area contributed by atoms with E-state index in [1.807, 2.05) is 38.1 Å². The molecule has 0 aliphatic heterocycles. The number of aliphatic hydroxyl groups is 1. The number of rotatable bonds is 6. The van der Waals surface area contributed by atoms with E-state index < -0.39 is 0 Å². The van der Waals surface area contributed by atoms with Crippen molar-refractivity contribution in [3.05, 3.63) is 35.4 Å². The summed E-state index contributed by atoms with van der Waals surface area (Å²) in [6, 6.07) is 7.71. The fourth-order valence-electron chi connectivity index (χ4n) is 1.29. The Bertz CT molecular complexity index is 346. The molecule has 1 N–H and O–H groups in total. The molecule has 0 radical (unpaired) electrons. The smallest absolute Gasteiger partial charge is 0.316 e. The van der Waals surface area contributed by atoms with E-state index in [4.69, 9.17) is 9.84 Å². The van der Waals surface area contributed by atoms with Crippen molar-refractivity contribution in [2.45, 2.75) is 32.3 Å². The van der Waals surface area contributed by atoms with Gasteiger partial charge in [-0.15, -0.1) is 11.8 Å². The van der Waals surface area contributed by atoms with Crippen LogP contribution in [0.3, 0.4) is 0 Å². The fraction of sp³-hybridized carbons (Fsp3) is 0.462. The number of esters is 1. The van der Waals surface area contributed by atoms with Crippen molar-refractivity contribution in [1.82, 2.24) is 0 Å². The zero-order chi connectivity index (χ0) is 12.7. The molecule has 0 bridgehead atoms. The minimum Gasteiger partial charge on any atom is -0.462 e. The highest BCUT2D eigenvalue weighted by molar-refractivity contribution is 7.99. The Morgan fingerprint density at radius 3 is 2.41 bits per heavy atom. The molecule has 0 amide bonds. The van der Waals surface area contributed by atoms with Crippen LogP contribution >= 0.6 is 11.8 Å². The quantitative estimate of drug-likeness (QED) is 0.792. The second-order valence-electron chi connectivity index (χ2n) is 4.01. The van der Waals surface area contributed by atoms with Crippen LogP contribution in [0.2, 0.25) is 0 Å². The van der Waals surface area contributed by atoms with Crippen LogP contribution in [0.25, 0.3) is 0 Å². The monoisotopic (exact) mass is 254 g/mol. The van der Waals surface area contributed by atoms with Gasteiger partial charge in [0.15, 0.2) is 0 Å². The van der Waals surface area contributed by atoms with Crippen LogP contribution in [0.1, 0.15) is 25.0 Å². The van der Waals surface area contributed by atoms with Gasteiger partial charge in [-0.05, 0) is 25.0 Å². The average molecular weight is 254 g/mol. The summed E-state index contributed by atoms with van der Waals surface area (Å²) in [5, 5.41) is 8.89. The maximum absolute atomic E-state index is 11.3. The van der Waals surface area contributed by atoms with Crippen LogP contribution in [-0.4, -0.2) is 22.9 Å². The number of ether oxygens (including phenoxy) is 1. The molecule has 94 valence electrons. The van der Waals surface area contributed by atoms with E-state index in [0.29, 0.717) is 5.75 Å². The second kappa shape index (κ2) is 7.35. The van der Waals surface area contributed by atoms with Gasteiger partial charge in [0, 0.05) is 5.75 Å². The van der Waals surface area contributed by atoms with Gasteiger partial charge in [0.1, 0.15) is 0 Å². The Kier molecular flexibility index (Phi) is 6.08. The summed E-state index contributed by atoms with van der Waals surface area (Å²) < 4.78 is 5.03. The maximum Gasteiger partial charge on any atom is 0.316 e. The Labute approximate surface area is 106 Å². The molecule has 0 aromatic heterocycles. The molecule has 1 rings (SSSR count). The molecular weight excluding hydrogens is 236 g/mol. The summed E-state index contributed by atoms with van der Waals surface area (Å²) >= 11 is 1.53. The van der Waals surface area contributed by atoms with E-state index in [2.05, 4.69) is 0 Å². The summed E-state index contributed by atoms with van der Waals surface area (Å²) in [6.45, 7) is 3.75. The standard InChI is InChI=1S/C13H18O3S/c1-10(2)16-13(15)9-17-8-12-5-3-11(7-14)4-6-12/h3-6,10,14H,7-9H2,1-2H3. The summed E-state index contributed by atoms with van der Waals surface area (Å²) in [4.78, 5) is 11.3. The van der Waals surface area contributed by atoms with Crippen LogP contribution < -0.4 is 0 Å². The molecular formula is C13H18O3S. The maximum atomic E-state index is 11.3. The van der Waals surface area contributed by atoms with Crippen LogP contribution in [0.15, 0.2) is 24.3 Å². The zero-order valence-electron chi connectivity index (χ0n) is 10.2. The van der Waals surface area contributed by atoms with Crippen molar-refractivity contribution in [2.75, 3.05) is 5.75 Å². The van der Waals surface area contributed by atoms with Crippen LogP contribution in [0.5, 0.6) is 0 Å². The van der Waals surface area contributed by atoms with Crippen molar-refractivity contribution < 1.29 is 14.6 Å². The van der Waals surface area contributed by atoms with E-state index in [0.717, 1.165) is 16.9 Å². The molecule has 0 fully saturated rings. The lowest BCUT2D eigenvalue weighted by molar-refractivity contribution is -0.144. The third-order valence-electron chi connectivity index (χ3n) is 2.06. The van der Waals surface area contributed by atoms with Crippen LogP contribution in [0.4, 0.5) is 0 Å². The first-order valence-electron chi connectivity index (χ1n) is 5.57. The van der Waals surface area contributed by atoms with Crippen molar-refractivity contribution in [2.24, 2.45) is 0 Å². The average Bonchev–Trinajstić information content (AvgIpc) is 2.29. The Morgan fingerprint density at radius 1 is 1.29 bits per heavy atom. The highest BCUT2D eigenvalue weighted by atomic mass is 32.2. The number of hydrogen-bond donors (Lipinski definition) is 1. The molecule has 3 nitrogen and oxygen atoms in total. The molecule has 17 heavy (non-hydrogen) atoms. The van der Waals surface area contributed by atoms with Gasteiger partial charge in [0.2, 0.25) is 0 Å². The summed E-state index contributed by atoms with van der Waals surface area (Å²) in [5.41, 5.74) is 2.04. The fourth-order valence-corrected chi connectivity index (χ4v) is 2.05. The van der Waals surface area contributed by atoms with Crippen LogP contribution in [-0.2, 0) is 21.9 Å². The molecule has 4 heteroatoms. The molecule has 0 spiro atoms. The van der Waals surface area contributed by atoms with Crippen LogP contribution in [0, 0.1) is 0 Å². The third-order valence-corrected chi connectivity index (χ3v) is 3.04. The topological polar surface area (TPSA) is 46.5 Å². The van der Waals surface area contributed by atoms with Gasteiger partial charge >= 0.3 is 5.97 Å². The Hall–Kier alpha value is -1.00. The largest absolute Gasteiger partial charge is 0.462 e. The molecule has 0 saturated carbocycles. The zero-order valence-corrected chi connectivity index (χ0v) is 11.0. The molecule has 1 aromatic carbocycles. The predicted molar refractivity (Wildman–Crippen MR) is 69.8 cm³/mol. The number of carbonyl (C=O) groups excluding carboxylic acids is 1. The normalized spacial score (nSPS) is 10.6. The number of thioether (sulfide) groups is 1. The lowest BCUT2D eigenvalue weighted by atomic mass is 10.2. The van der Waals surface area contributed by atoms with Gasteiger partial charge in [0.25, 0.3) is 0 Å². The number of hydrogen-bond acceptors (Lipinski definition) is 4. The molecule has 0 saturated heterocycles. The van der Waals surface area contributed by atoms with E-state index in [-0.39, 0.29) is 18.7 Å². The molecule has 0 aliphatic rings. The predicted octanol–water partition coefficient (Wildman–Crippen LogP) is 2.36. The first-order chi connectivity index (χ1) is 8.11. The molecule has 0 heterocycles. The SMILES string of the molecule is CC(C)OC(=O)CSCc1ccc(CO)cc1. The van der Waals surface area contributed by atoms with Gasteiger partial charge in [-0.2, -0.15) is 0 Å². The summed E-state index contributed by atoms with van der Waals surface area (Å²) in [7, 11) is 0. The summed E-state index contributed by atoms with van der Waals surface area (Å²) in [6.07, 6.45) is -0.0491. The highest BCUT2D eigenvalue weighted by Gasteiger charge is 2.05. The van der Waals surface area contributed by atoms with E-state index in [1.165, 1.54) is 11.8 Å². The first-order valence-corrected chi connectivity index (χ1v) is 6.73. The van der Waals surface area contributed by atoms with E-state index in [9.17, 15) is 4.79 Å². The second-order valence-corrected chi connectivity index (χ2v) is 4.99. The molecule has 1 aromatic rings. The van der Waals surface area contributed by atoms with Crippen molar-refractivity contribution >= 4 is 17.7 Å². The molecule has 0 atom stereocenters. The van der Waals surface area contributed by atoms with Crippen molar-refractivity contribution in [3.63, 3.8) is 0 Å². The number of carbonyl (C=O) groups is 1. The van der Waals surface area contributed by atoms with Crippen molar-refractivity contribution in [1.29, 1.82) is 0 Å². The molecule has 0 unspecified atom stereocenters. The lowest BCUT2D eigenvalue weighted by Crippen LogP contribution is -2.13. The lowest BCUT2D eigenvalue weighted by Gasteiger charge is -2.07. The number of benzene rings is 1. The van der Waals surface area contributed by atoms with Gasteiger partial charge in [-0.3, -0.25) is 4.79 Å². The summed E-state index contributed by atoms with van der Waals surface area (Å²) in [5.74, 6) is 0.982. The van der Waals surface area contributed by atoms with Gasteiger partial charge in [-0.25, -0.2) is 0 Å². The Balaban J connectivity index is 2.28. The molecule has 0 aliphatic carbocycles. The van der Waals surface area contributed by atoms with Crippen molar-refractivity contribution in [3.8, 4) is 0 Å². The third kappa shape index (κ3) is 5.75. The van der Waals surface area contributed by atoms with Gasteiger partial charge < -0.3 is 9.84 Å². The number of aliphatic hydroxyl groups excluding tert-OH is 1. The van der Waals surface area contributed by atoms with E-state index >= 15 is 0 Å². The van der Waals surface area contributed by atoms with E-state index in [1.54, 1.807) is 0 Å². The minimum absolute atomic E-state index is 0.0491.